The lowest BCUT2D eigenvalue weighted by Gasteiger charge is -2.19. The maximum absolute atomic E-state index is 13.1. The fraction of sp³-hybridized carbons (Fsp3) is 0.263. The minimum Gasteiger partial charge on any atom is -0.325 e. The molecule has 3 aromatic rings. The Morgan fingerprint density at radius 2 is 2.08 bits per heavy atom. The van der Waals surface area contributed by atoms with Crippen LogP contribution in [0.2, 0.25) is 0 Å². The highest BCUT2D eigenvalue weighted by Gasteiger charge is 2.67. The van der Waals surface area contributed by atoms with Gasteiger partial charge in [0, 0.05) is 23.0 Å². The average Bonchev–Trinajstić information content (AvgIpc) is 3.08. The van der Waals surface area contributed by atoms with Crippen molar-refractivity contribution in [3.63, 3.8) is 0 Å². The van der Waals surface area contributed by atoms with E-state index >= 15 is 0 Å². The third kappa shape index (κ3) is 2.27. The van der Waals surface area contributed by atoms with Gasteiger partial charge >= 0.3 is 0 Å². The molecule has 0 radical (unpaired) electrons. The summed E-state index contributed by atoms with van der Waals surface area (Å²) in [6.07, 6.45) is 4.51. The Balaban J connectivity index is 1.62. The zero-order chi connectivity index (χ0) is 16.8. The van der Waals surface area contributed by atoms with Crippen molar-refractivity contribution in [3.05, 3.63) is 65.1 Å². The van der Waals surface area contributed by atoms with Crippen molar-refractivity contribution in [2.75, 3.05) is 5.32 Å². The first kappa shape index (κ1) is 15.1. The molecule has 1 saturated carbocycles. The maximum atomic E-state index is 13.1. The molecule has 1 N–H and O–H groups in total. The third-order valence-electron chi connectivity index (χ3n) is 4.94. The molecule has 24 heavy (non-hydrogen) atoms. The van der Waals surface area contributed by atoms with Crippen molar-refractivity contribution in [2.24, 2.45) is 5.41 Å². The van der Waals surface area contributed by atoms with Gasteiger partial charge in [-0.1, -0.05) is 26.0 Å². The van der Waals surface area contributed by atoms with Gasteiger partial charge in [0.25, 0.3) is 0 Å². The number of benzene rings is 1. The summed E-state index contributed by atoms with van der Waals surface area (Å²) in [5, 5.41) is 9.39. The molecule has 122 valence electrons. The molecule has 0 bridgehead atoms. The van der Waals surface area contributed by atoms with E-state index in [-0.39, 0.29) is 11.3 Å². The minimum absolute atomic E-state index is 0.0124. The number of nitrogens with zero attached hydrogens (tertiary/aromatic N) is 2. The van der Waals surface area contributed by atoms with Crippen molar-refractivity contribution in [3.8, 4) is 5.69 Å². The number of rotatable bonds is 4. The molecule has 0 aliphatic heterocycles. The van der Waals surface area contributed by atoms with E-state index in [4.69, 9.17) is 0 Å². The Morgan fingerprint density at radius 1 is 1.25 bits per heavy atom. The van der Waals surface area contributed by atoms with Crippen LogP contribution in [0.15, 0.2) is 60.2 Å². The zero-order valence-electron chi connectivity index (χ0n) is 13.7. The highest BCUT2D eigenvalue weighted by Crippen LogP contribution is 2.65. The van der Waals surface area contributed by atoms with E-state index in [0.29, 0.717) is 0 Å². The minimum atomic E-state index is -0.414. The number of anilines is 1. The van der Waals surface area contributed by atoms with E-state index in [9.17, 15) is 4.79 Å². The standard InChI is InChI=1S/C19H19N3OS/c1-18(2)13-19(18,16-8-4-11-24-16)17(23)21-14-6-3-7-15(12-14)22-10-5-9-20-22/h3-12H,13H2,1-2H3,(H,21,23). The average molecular weight is 337 g/mol. The molecule has 0 saturated heterocycles. The molecule has 1 fully saturated rings. The van der Waals surface area contributed by atoms with Gasteiger partial charge < -0.3 is 5.32 Å². The number of amides is 1. The molecule has 0 spiro atoms. The molecule has 1 aromatic carbocycles. The summed E-state index contributed by atoms with van der Waals surface area (Å²) < 4.78 is 1.78. The van der Waals surface area contributed by atoms with Gasteiger partial charge in [-0.15, -0.1) is 11.3 Å². The van der Waals surface area contributed by atoms with E-state index in [2.05, 4.69) is 30.3 Å². The molecule has 1 aliphatic rings. The van der Waals surface area contributed by atoms with E-state index in [1.807, 2.05) is 48.0 Å². The van der Waals surface area contributed by atoms with Gasteiger partial charge in [0.15, 0.2) is 0 Å². The van der Waals surface area contributed by atoms with E-state index < -0.39 is 5.41 Å². The largest absolute Gasteiger partial charge is 0.325 e. The number of thiophene rings is 1. The first-order chi connectivity index (χ1) is 11.5. The summed E-state index contributed by atoms with van der Waals surface area (Å²) in [5.74, 6) is 0.0764. The fourth-order valence-electron chi connectivity index (χ4n) is 3.45. The molecule has 4 nitrogen and oxygen atoms in total. The molecular weight excluding hydrogens is 318 g/mol. The summed E-state index contributed by atoms with van der Waals surface area (Å²) in [6.45, 7) is 4.32. The van der Waals surface area contributed by atoms with Crippen LogP contribution >= 0.6 is 11.3 Å². The molecule has 1 amide bonds. The van der Waals surface area contributed by atoms with Gasteiger partial charge in [0.2, 0.25) is 5.91 Å². The third-order valence-corrected chi connectivity index (χ3v) is 5.97. The second-order valence-corrected chi connectivity index (χ2v) is 7.85. The maximum Gasteiger partial charge on any atom is 0.236 e. The molecule has 1 unspecified atom stereocenters. The van der Waals surface area contributed by atoms with Crippen molar-refractivity contribution in [1.82, 2.24) is 9.78 Å². The van der Waals surface area contributed by atoms with Crippen LogP contribution in [0.4, 0.5) is 5.69 Å². The highest BCUT2D eigenvalue weighted by atomic mass is 32.1. The Morgan fingerprint density at radius 3 is 2.71 bits per heavy atom. The van der Waals surface area contributed by atoms with Crippen molar-refractivity contribution in [2.45, 2.75) is 25.7 Å². The number of carbonyl (C=O) groups excluding carboxylic acids is 1. The van der Waals surface area contributed by atoms with Gasteiger partial charge in [0.05, 0.1) is 11.1 Å². The quantitative estimate of drug-likeness (QED) is 0.774. The van der Waals surface area contributed by atoms with Gasteiger partial charge in [0.1, 0.15) is 0 Å². The molecule has 1 atom stereocenters. The summed E-state index contributed by atoms with van der Waals surface area (Å²) in [7, 11) is 0. The van der Waals surface area contributed by atoms with Crippen LogP contribution in [0.1, 0.15) is 25.1 Å². The molecular formula is C19H19N3OS. The lowest BCUT2D eigenvalue weighted by molar-refractivity contribution is -0.119. The number of aromatic nitrogens is 2. The fourth-order valence-corrected chi connectivity index (χ4v) is 4.55. The van der Waals surface area contributed by atoms with E-state index in [1.54, 1.807) is 22.2 Å². The van der Waals surface area contributed by atoms with Gasteiger partial charge in [-0.2, -0.15) is 5.10 Å². The number of carbonyl (C=O) groups is 1. The van der Waals surface area contributed by atoms with E-state index in [0.717, 1.165) is 22.7 Å². The molecule has 1 aliphatic carbocycles. The van der Waals surface area contributed by atoms with Crippen LogP contribution in [0.3, 0.4) is 0 Å². The van der Waals surface area contributed by atoms with Crippen LogP contribution in [0, 0.1) is 5.41 Å². The second-order valence-electron chi connectivity index (χ2n) is 6.90. The predicted molar refractivity (Wildman–Crippen MR) is 96.6 cm³/mol. The Labute approximate surface area is 145 Å². The summed E-state index contributed by atoms with van der Waals surface area (Å²) in [4.78, 5) is 14.2. The Bertz CT molecular complexity index is 868. The molecule has 4 rings (SSSR count). The van der Waals surface area contributed by atoms with Gasteiger partial charge in [-0.05, 0) is 47.5 Å². The second kappa shape index (κ2) is 5.31. The Hall–Kier alpha value is -2.40. The van der Waals surface area contributed by atoms with E-state index in [1.165, 1.54) is 0 Å². The first-order valence-corrected chi connectivity index (χ1v) is 8.86. The van der Waals surface area contributed by atoms with Crippen LogP contribution in [0.25, 0.3) is 5.69 Å². The van der Waals surface area contributed by atoms with Gasteiger partial charge in [-0.25, -0.2) is 4.68 Å². The summed E-state index contributed by atoms with van der Waals surface area (Å²) >= 11 is 1.66. The highest BCUT2D eigenvalue weighted by molar-refractivity contribution is 7.10. The predicted octanol–water partition coefficient (Wildman–Crippen LogP) is 4.24. The monoisotopic (exact) mass is 337 g/mol. The first-order valence-electron chi connectivity index (χ1n) is 7.98. The van der Waals surface area contributed by atoms with Crippen molar-refractivity contribution >= 4 is 22.9 Å². The SMILES string of the molecule is CC1(C)CC1(C(=O)Nc1cccc(-n2cccn2)c1)c1cccs1. The lowest BCUT2D eigenvalue weighted by atomic mass is 9.93. The van der Waals surface area contributed by atoms with Crippen LogP contribution in [-0.4, -0.2) is 15.7 Å². The normalized spacial score (nSPS) is 21.4. The smallest absolute Gasteiger partial charge is 0.236 e. The lowest BCUT2D eigenvalue weighted by Crippen LogP contribution is -2.31. The Kier molecular flexibility index (Phi) is 3.35. The van der Waals surface area contributed by atoms with Crippen LogP contribution < -0.4 is 5.32 Å². The van der Waals surface area contributed by atoms with Crippen molar-refractivity contribution < 1.29 is 4.79 Å². The van der Waals surface area contributed by atoms with Crippen molar-refractivity contribution in [1.29, 1.82) is 0 Å². The van der Waals surface area contributed by atoms with Crippen LogP contribution in [-0.2, 0) is 10.2 Å². The summed E-state index contributed by atoms with van der Waals surface area (Å²) in [6, 6.07) is 13.7. The summed E-state index contributed by atoms with van der Waals surface area (Å²) in [5.41, 5.74) is 1.30. The van der Waals surface area contributed by atoms with Gasteiger partial charge in [-0.3, -0.25) is 4.79 Å². The topological polar surface area (TPSA) is 46.9 Å². The number of hydrogen-bond acceptors (Lipinski definition) is 3. The molecule has 2 heterocycles. The zero-order valence-corrected chi connectivity index (χ0v) is 14.5. The number of hydrogen-bond donors (Lipinski definition) is 1. The molecule has 5 heteroatoms. The van der Waals surface area contributed by atoms with Crippen LogP contribution in [0.5, 0.6) is 0 Å². The molecule has 2 aromatic heterocycles. The number of nitrogens with one attached hydrogen (secondary N) is 1.